The number of hydrogen-bond acceptors (Lipinski definition) is 8. The highest BCUT2D eigenvalue weighted by Gasteiger charge is 2.64. The molecule has 0 aliphatic carbocycles. The molecule has 32 heavy (non-hydrogen) atoms. The third-order valence-corrected chi connectivity index (χ3v) is 9.33. The van der Waals surface area contributed by atoms with E-state index in [-0.39, 0.29) is 22.8 Å². The summed E-state index contributed by atoms with van der Waals surface area (Å²) in [5, 5.41) is 5.22. The largest absolute Gasteiger partial charge is 0.479 e. The van der Waals surface area contributed by atoms with Crippen LogP contribution >= 0.6 is 48.4 Å². The number of para-hydroxylation sites is 2. The highest BCUT2D eigenvalue weighted by molar-refractivity contribution is 8.25. The van der Waals surface area contributed by atoms with Crippen molar-refractivity contribution in [3.05, 3.63) is 59.7 Å². The number of rotatable bonds is 7. The van der Waals surface area contributed by atoms with Crippen molar-refractivity contribution in [2.75, 3.05) is 23.8 Å². The minimum atomic E-state index is -1.45. The molecule has 0 bridgehead atoms. The summed E-state index contributed by atoms with van der Waals surface area (Å²) in [4.78, 5) is 26.5. The van der Waals surface area contributed by atoms with Gasteiger partial charge < -0.3 is 20.1 Å². The maximum atomic E-state index is 13.6. The molecule has 2 aromatic rings. The third-order valence-electron chi connectivity index (χ3n) is 5.17. The van der Waals surface area contributed by atoms with Crippen molar-refractivity contribution in [2.45, 2.75) is 28.1 Å². The Morgan fingerprint density at radius 1 is 1.09 bits per heavy atom. The van der Waals surface area contributed by atoms with Gasteiger partial charge in [-0.1, -0.05) is 48.2 Å². The molecule has 2 aliphatic rings. The van der Waals surface area contributed by atoms with E-state index in [0.29, 0.717) is 17.9 Å². The van der Waals surface area contributed by atoms with E-state index >= 15 is 0 Å². The Bertz CT molecular complexity index is 1080. The summed E-state index contributed by atoms with van der Waals surface area (Å²) in [6.07, 6.45) is 0. The zero-order valence-electron chi connectivity index (χ0n) is 17.4. The van der Waals surface area contributed by atoms with Crippen LogP contribution in [0.25, 0.3) is 0 Å². The number of ether oxygens (including phenoxy) is 2. The summed E-state index contributed by atoms with van der Waals surface area (Å²) in [5.74, 6) is -0.512. The Morgan fingerprint density at radius 3 is 2.50 bits per heavy atom. The molecule has 2 amide bonds. The Labute approximate surface area is 206 Å². The van der Waals surface area contributed by atoms with Crippen LogP contribution in [0.5, 0.6) is 0 Å². The predicted octanol–water partition coefficient (Wildman–Crippen LogP) is 4.94. The van der Waals surface area contributed by atoms with E-state index in [9.17, 15) is 9.59 Å². The second kappa shape index (κ2) is 9.26. The number of thioether (sulfide) groups is 2. The van der Waals surface area contributed by atoms with Crippen molar-refractivity contribution in [3.8, 4) is 0 Å². The summed E-state index contributed by atoms with van der Waals surface area (Å²) in [6.45, 7) is 4.29. The summed E-state index contributed by atoms with van der Waals surface area (Å²) in [5.41, 5.74) is 2.89. The third kappa shape index (κ3) is 3.81. The molecule has 4 rings (SSSR count). The Kier molecular flexibility index (Phi) is 6.78. The fourth-order valence-corrected chi connectivity index (χ4v) is 7.84. The first-order chi connectivity index (χ1) is 15.4. The standard InChI is InChI=1S/C22H22N2O4S4/c1-3-27-20(29)32-21(14-10-6-8-12-16(14)24-19(21)26)22(30,28-4-2)31-17-13-9-5-7-11-15(13)23-18(17)25/h5-12,17,30H,3-4H2,1-2H3,(H,23,25)(H,24,26). The number of carbonyl (C=O) groups excluding carboxylic acids is 2. The lowest BCUT2D eigenvalue weighted by atomic mass is 10.00. The number of benzene rings is 2. The van der Waals surface area contributed by atoms with Crippen LogP contribution in [0, 0.1) is 0 Å². The molecule has 2 N–H and O–H groups in total. The van der Waals surface area contributed by atoms with Crippen molar-refractivity contribution in [3.63, 3.8) is 0 Å². The topological polar surface area (TPSA) is 76.7 Å². The Morgan fingerprint density at radius 2 is 1.78 bits per heavy atom. The molecule has 3 unspecified atom stereocenters. The second-order valence-electron chi connectivity index (χ2n) is 7.06. The summed E-state index contributed by atoms with van der Waals surface area (Å²) in [6, 6.07) is 14.8. The van der Waals surface area contributed by atoms with E-state index in [2.05, 4.69) is 10.6 Å². The van der Waals surface area contributed by atoms with Crippen LogP contribution in [0.15, 0.2) is 48.5 Å². The SMILES string of the molecule is CCOC(=S)SC1(C(S)(OCC)SC2C(=O)Nc3ccccc32)C(=O)Nc2ccccc21. The van der Waals surface area contributed by atoms with Crippen molar-refractivity contribution in [2.24, 2.45) is 0 Å². The second-order valence-corrected chi connectivity index (χ2v) is 11.1. The molecule has 3 atom stereocenters. The highest BCUT2D eigenvalue weighted by atomic mass is 32.2. The molecule has 2 aliphatic heterocycles. The van der Waals surface area contributed by atoms with Gasteiger partial charge in [0.05, 0.1) is 6.61 Å². The number of carbonyl (C=O) groups is 2. The molecule has 0 saturated heterocycles. The van der Waals surface area contributed by atoms with Gasteiger partial charge in [-0.15, -0.1) is 12.6 Å². The zero-order chi connectivity index (χ0) is 22.9. The quantitative estimate of drug-likeness (QED) is 0.279. The summed E-state index contributed by atoms with van der Waals surface area (Å²) < 4.78 is 9.10. The van der Waals surface area contributed by atoms with Gasteiger partial charge in [-0.3, -0.25) is 9.59 Å². The number of hydrogen-bond donors (Lipinski definition) is 3. The average molecular weight is 507 g/mol. The maximum Gasteiger partial charge on any atom is 0.250 e. The molecule has 0 spiro atoms. The monoisotopic (exact) mass is 506 g/mol. The minimum Gasteiger partial charge on any atom is -0.479 e. The average Bonchev–Trinajstić information content (AvgIpc) is 3.23. The van der Waals surface area contributed by atoms with Crippen LogP contribution in [0.1, 0.15) is 30.2 Å². The fourth-order valence-electron chi connectivity index (χ4n) is 3.85. The highest BCUT2D eigenvalue weighted by Crippen LogP contribution is 2.63. The summed E-state index contributed by atoms with van der Waals surface area (Å²) in [7, 11) is 0. The van der Waals surface area contributed by atoms with Crippen LogP contribution in [0.3, 0.4) is 0 Å². The van der Waals surface area contributed by atoms with Gasteiger partial charge in [-0.25, -0.2) is 0 Å². The zero-order valence-corrected chi connectivity index (χ0v) is 20.8. The number of thiocarbonyl (C=S) groups is 1. The molecule has 0 fully saturated rings. The minimum absolute atomic E-state index is 0.187. The van der Waals surface area contributed by atoms with Crippen LogP contribution in [-0.2, 0) is 23.8 Å². The van der Waals surface area contributed by atoms with Gasteiger partial charge in [0.25, 0.3) is 5.91 Å². The molecule has 6 nitrogen and oxygen atoms in total. The number of nitrogens with one attached hydrogen (secondary N) is 2. The van der Waals surface area contributed by atoms with Gasteiger partial charge in [0.2, 0.25) is 10.3 Å². The predicted molar refractivity (Wildman–Crippen MR) is 137 cm³/mol. The Balaban J connectivity index is 1.85. The van der Waals surface area contributed by atoms with E-state index in [4.69, 9.17) is 34.3 Å². The normalized spacial score (nSPS) is 23.0. The van der Waals surface area contributed by atoms with Gasteiger partial charge in [-0.2, -0.15) is 0 Å². The number of amides is 2. The molecule has 0 saturated carbocycles. The van der Waals surface area contributed by atoms with Crippen molar-refractivity contribution in [1.82, 2.24) is 0 Å². The molecule has 2 heterocycles. The smallest absolute Gasteiger partial charge is 0.250 e. The van der Waals surface area contributed by atoms with Gasteiger partial charge in [0, 0.05) is 23.5 Å². The lowest BCUT2D eigenvalue weighted by Gasteiger charge is -2.43. The van der Waals surface area contributed by atoms with Crippen LogP contribution < -0.4 is 10.6 Å². The van der Waals surface area contributed by atoms with E-state index in [1.54, 1.807) is 0 Å². The van der Waals surface area contributed by atoms with Gasteiger partial charge in [0.1, 0.15) is 5.25 Å². The van der Waals surface area contributed by atoms with Crippen LogP contribution in [0.4, 0.5) is 11.4 Å². The van der Waals surface area contributed by atoms with Gasteiger partial charge >= 0.3 is 0 Å². The molecule has 10 heteroatoms. The van der Waals surface area contributed by atoms with Gasteiger partial charge in [0.15, 0.2) is 9.01 Å². The van der Waals surface area contributed by atoms with Crippen LogP contribution in [-0.4, -0.2) is 33.7 Å². The first-order valence-electron chi connectivity index (χ1n) is 10.1. The lowest BCUT2D eigenvalue weighted by molar-refractivity contribution is -0.121. The molecule has 168 valence electrons. The molecule has 0 aromatic heterocycles. The van der Waals surface area contributed by atoms with E-state index in [1.165, 1.54) is 11.8 Å². The van der Waals surface area contributed by atoms with E-state index in [0.717, 1.165) is 23.0 Å². The van der Waals surface area contributed by atoms with Gasteiger partial charge in [-0.05, 0) is 55.5 Å². The molecular formula is C22H22N2O4S4. The number of thiol groups is 1. The summed E-state index contributed by atoms with van der Waals surface area (Å²) >= 11 is 12.7. The molecule has 2 aromatic carbocycles. The lowest BCUT2D eigenvalue weighted by Crippen LogP contribution is -2.51. The van der Waals surface area contributed by atoms with Crippen LogP contribution in [0.2, 0.25) is 0 Å². The van der Waals surface area contributed by atoms with E-state index < -0.39 is 14.3 Å². The van der Waals surface area contributed by atoms with Crippen molar-refractivity contribution >= 4 is 75.9 Å². The first kappa shape index (κ1) is 23.4. The number of fused-ring (bicyclic) bond motifs is 2. The Hall–Kier alpha value is -1.72. The van der Waals surface area contributed by atoms with E-state index in [1.807, 2.05) is 62.4 Å². The number of anilines is 2. The molecule has 0 radical (unpaired) electrons. The van der Waals surface area contributed by atoms with Crippen molar-refractivity contribution in [1.29, 1.82) is 0 Å². The first-order valence-corrected chi connectivity index (χ1v) is 12.6. The van der Waals surface area contributed by atoms with Crippen molar-refractivity contribution < 1.29 is 19.1 Å². The fraction of sp³-hybridized carbons (Fsp3) is 0.318. The molecular weight excluding hydrogens is 485 g/mol. The maximum absolute atomic E-state index is 13.6.